The molecule has 1 atom stereocenters. The molecule has 0 aliphatic heterocycles. The van der Waals surface area contributed by atoms with Gasteiger partial charge in [0.1, 0.15) is 18.2 Å². The maximum absolute atomic E-state index is 12.2. The number of carbonyl (C=O) groups excluding carboxylic acids is 1. The minimum absolute atomic E-state index is 0.0488. The molecule has 0 fully saturated rings. The number of hydrogen-bond acceptors (Lipinski definition) is 5. The van der Waals surface area contributed by atoms with E-state index in [-0.39, 0.29) is 18.4 Å². The summed E-state index contributed by atoms with van der Waals surface area (Å²) in [6, 6.07) is 9.83. The SMILES string of the molecule is CC(C)C[C@H](Nc1cc(=O)oc2ccccc12)C(=O)NCC#N. The van der Waals surface area contributed by atoms with Crippen LogP contribution in [0.4, 0.5) is 5.69 Å². The molecule has 0 saturated carbocycles. The van der Waals surface area contributed by atoms with E-state index in [9.17, 15) is 9.59 Å². The van der Waals surface area contributed by atoms with Gasteiger partial charge in [-0.05, 0) is 24.5 Å². The summed E-state index contributed by atoms with van der Waals surface area (Å²) < 4.78 is 5.15. The van der Waals surface area contributed by atoms with Crippen molar-refractivity contribution in [3.63, 3.8) is 0 Å². The van der Waals surface area contributed by atoms with Gasteiger partial charge < -0.3 is 15.1 Å². The molecule has 0 bridgehead atoms. The van der Waals surface area contributed by atoms with E-state index in [0.717, 1.165) is 5.39 Å². The predicted octanol–water partition coefficient (Wildman–Crippen LogP) is 2.26. The van der Waals surface area contributed by atoms with Gasteiger partial charge in [-0.15, -0.1) is 0 Å². The van der Waals surface area contributed by atoms with Crippen molar-refractivity contribution >= 4 is 22.6 Å². The number of nitriles is 1. The van der Waals surface area contributed by atoms with Gasteiger partial charge in [-0.25, -0.2) is 4.79 Å². The molecule has 0 aliphatic rings. The lowest BCUT2D eigenvalue weighted by Gasteiger charge is -2.21. The summed E-state index contributed by atoms with van der Waals surface area (Å²) in [6.07, 6.45) is 0.575. The van der Waals surface area contributed by atoms with Gasteiger partial charge in [-0.3, -0.25) is 4.79 Å². The van der Waals surface area contributed by atoms with Crippen LogP contribution < -0.4 is 16.3 Å². The summed E-state index contributed by atoms with van der Waals surface area (Å²) in [5, 5.41) is 15.0. The number of para-hydroxylation sites is 1. The van der Waals surface area contributed by atoms with Crippen LogP contribution in [0.5, 0.6) is 0 Å². The second kappa shape index (κ2) is 7.45. The normalized spacial score (nSPS) is 11.9. The van der Waals surface area contributed by atoms with Crippen LogP contribution in [0, 0.1) is 17.2 Å². The average molecular weight is 313 g/mol. The fraction of sp³-hybridized carbons (Fsp3) is 0.353. The third-order valence-electron chi connectivity index (χ3n) is 3.34. The first-order valence-corrected chi connectivity index (χ1v) is 7.45. The third kappa shape index (κ3) is 4.33. The molecule has 2 aromatic rings. The summed E-state index contributed by atoms with van der Waals surface area (Å²) in [4.78, 5) is 23.9. The Labute approximate surface area is 134 Å². The highest BCUT2D eigenvalue weighted by atomic mass is 16.4. The lowest BCUT2D eigenvalue weighted by molar-refractivity contribution is -0.121. The molecule has 1 aromatic carbocycles. The Morgan fingerprint density at radius 2 is 2.09 bits per heavy atom. The molecule has 0 aliphatic carbocycles. The molecular formula is C17H19N3O3. The van der Waals surface area contributed by atoms with Crippen LogP contribution in [0.15, 0.2) is 39.5 Å². The first-order chi connectivity index (χ1) is 11.0. The fourth-order valence-electron chi connectivity index (χ4n) is 2.37. The van der Waals surface area contributed by atoms with E-state index in [2.05, 4.69) is 10.6 Å². The van der Waals surface area contributed by atoms with Gasteiger partial charge in [0.25, 0.3) is 0 Å². The number of fused-ring (bicyclic) bond motifs is 1. The minimum atomic E-state index is -0.534. The molecule has 6 heteroatoms. The monoisotopic (exact) mass is 313 g/mol. The predicted molar refractivity (Wildman–Crippen MR) is 88.0 cm³/mol. The standard InChI is InChI=1S/C17H19N3O3/c1-11(2)9-14(17(22)19-8-7-18)20-13-10-16(21)23-15-6-4-3-5-12(13)15/h3-6,10-11,14,20H,8-9H2,1-2H3,(H,19,22)/t14-/m0/s1. The Morgan fingerprint density at radius 1 is 1.35 bits per heavy atom. The van der Waals surface area contributed by atoms with E-state index < -0.39 is 11.7 Å². The minimum Gasteiger partial charge on any atom is -0.423 e. The van der Waals surface area contributed by atoms with E-state index in [1.807, 2.05) is 32.0 Å². The smallest absolute Gasteiger partial charge is 0.338 e. The van der Waals surface area contributed by atoms with Crippen molar-refractivity contribution in [1.29, 1.82) is 5.26 Å². The highest BCUT2D eigenvalue weighted by molar-refractivity contribution is 5.92. The molecule has 0 spiro atoms. The van der Waals surface area contributed by atoms with Crippen molar-refractivity contribution in [3.05, 3.63) is 40.8 Å². The van der Waals surface area contributed by atoms with Crippen LogP contribution in [0.3, 0.4) is 0 Å². The third-order valence-corrected chi connectivity index (χ3v) is 3.34. The van der Waals surface area contributed by atoms with Gasteiger partial charge in [-0.1, -0.05) is 26.0 Å². The van der Waals surface area contributed by atoms with E-state index in [1.165, 1.54) is 6.07 Å². The zero-order chi connectivity index (χ0) is 16.8. The Morgan fingerprint density at radius 3 is 2.78 bits per heavy atom. The van der Waals surface area contributed by atoms with Crippen LogP contribution in [0.1, 0.15) is 20.3 Å². The van der Waals surface area contributed by atoms with Crippen LogP contribution in [0.2, 0.25) is 0 Å². The van der Waals surface area contributed by atoms with Gasteiger partial charge in [0.05, 0.1) is 11.8 Å². The lowest BCUT2D eigenvalue weighted by atomic mass is 10.0. The zero-order valence-corrected chi connectivity index (χ0v) is 13.1. The Hall–Kier alpha value is -2.81. The molecule has 0 saturated heterocycles. The van der Waals surface area contributed by atoms with Crippen molar-refractivity contribution in [2.24, 2.45) is 5.92 Å². The molecule has 1 amide bonds. The van der Waals surface area contributed by atoms with Crippen LogP contribution in [-0.4, -0.2) is 18.5 Å². The van der Waals surface area contributed by atoms with Crippen LogP contribution >= 0.6 is 0 Å². The van der Waals surface area contributed by atoms with Gasteiger partial charge in [0.2, 0.25) is 5.91 Å². The first kappa shape index (κ1) is 16.6. The molecule has 23 heavy (non-hydrogen) atoms. The largest absolute Gasteiger partial charge is 0.423 e. The van der Waals surface area contributed by atoms with Crippen molar-refractivity contribution in [2.75, 3.05) is 11.9 Å². The molecule has 1 heterocycles. The molecular weight excluding hydrogens is 294 g/mol. The number of amides is 1. The highest BCUT2D eigenvalue weighted by Crippen LogP contribution is 2.23. The van der Waals surface area contributed by atoms with Crippen molar-refractivity contribution in [2.45, 2.75) is 26.3 Å². The number of carbonyl (C=O) groups is 1. The van der Waals surface area contributed by atoms with Gasteiger partial charge in [0.15, 0.2) is 0 Å². The topological polar surface area (TPSA) is 95.1 Å². The number of anilines is 1. The average Bonchev–Trinajstić information content (AvgIpc) is 2.51. The molecule has 0 unspecified atom stereocenters. The first-order valence-electron chi connectivity index (χ1n) is 7.45. The lowest BCUT2D eigenvalue weighted by Crippen LogP contribution is -2.40. The Balaban J connectivity index is 2.34. The van der Waals surface area contributed by atoms with Crippen molar-refractivity contribution < 1.29 is 9.21 Å². The quantitative estimate of drug-likeness (QED) is 0.630. The maximum Gasteiger partial charge on any atom is 0.338 e. The molecule has 120 valence electrons. The molecule has 0 radical (unpaired) electrons. The summed E-state index contributed by atoms with van der Waals surface area (Å²) in [5.74, 6) is 0.00398. The highest BCUT2D eigenvalue weighted by Gasteiger charge is 2.20. The number of benzene rings is 1. The van der Waals surface area contributed by atoms with Gasteiger partial charge >= 0.3 is 5.63 Å². The maximum atomic E-state index is 12.2. The van der Waals surface area contributed by atoms with Gasteiger partial charge in [0, 0.05) is 11.5 Å². The Bertz CT molecular complexity index is 790. The van der Waals surface area contributed by atoms with Crippen LogP contribution in [0.25, 0.3) is 11.0 Å². The van der Waals surface area contributed by atoms with Crippen LogP contribution in [-0.2, 0) is 4.79 Å². The van der Waals surface area contributed by atoms with E-state index in [1.54, 1.807) is 12.1 Å². The summed E-state index contributed by atoms with van der Waals surface area (Å²) >= 11 is 0. The zero-order valence-electron chi connectivity index (χ0n) is 13.1. The number of nitrogens with zero attached hydrogens (tertiary/aromatic N) is 1. The van der Waals surface area contributed by atoms with Gasteiger partial charge in [-0.2, -0.15) is 5.26 Å². The molecule has 6 nitrogen and oxygen atoms in total. The number of rotatable bonds is 6. The van der Waals surface area contributed by atoms with E-state index >= 15 is 0 Å². The summed E-state index contributed by atoms with van der Waals surface area (Å²) in [7, 11) is 0. The van der Waals surface area contributed by atoms with E-state index in [0.29, 0.717) is 17.7 Å². The Kier molecular flexibility index (Phi) is 5.36. The van der Waals surface area contributed by atoms with Crippen molar-refractivity contribution in [1.82, 2.24) is 5.32 Å². The molecule has 2 rings (SSSR count). The number of hydrogen-bond donors (Lipinski definition) is 2. The molecule has 2 N–H and O–H groups in total. The molecule has 1 aromatic heterocycles. The second-order valence-corrected chi connectivity index (χ2v) is 5.68. The second-order valence-electron chi connectivity index (χ2n) is 5.68. The number of nitrogens with one attached hydrogen (secondary N) is 2. The van der Waals surface area contributed by atoms with E-state index in [4.69, 9.17) is 9.68 Å². The van der Waals surface area contributed by atoms with Crippen molar-refractivity contribution in [3.8, 4) is 6.07 Å². The fourth-order valence-corrected chi connectivity index (χ4v) is 2.37. The summed E-state index contributed by atoms with van der Waals surface area (Å²) in [5.41, 5.74) is 0.532. The summed E-state index contributed by atoms with van der Waals surface area (Å²) in [6.45, 7) is 3.96.